The standard InChI is InChI=1S/C22H40N4O2/c1-3-23-21(24-17-22(11-12-22)13-15-28-4-2)25-19-10-14-26(16-19)20(27)18-8-6-5-7-9-18/h18-19H,3-17H2,1-2H3,(H2,23,24,25). The van der Waals surface area contributed by atoms with Crippen LogP contribution in [0.15, 0.2) is 4.99 Å². The molecule has 1 heterocycles. The fraction of sp³-hybridized carbons (Fsp3) is 0.909. The number of carbonyl (C=O) groups excluding carboxylic acids is 1. The summed E-state index contributed by atoms with van der Waals surface area (Å²) in [6.07, 6.45) is 10.5. The molecule has 2 N–H and O–H groups in total. The Morgan fingerprint density at radius 1 is 1.18 bits per heavy atom. The molecule has 6 heteroatoms. The maximum Gasteiger partial charge on any atom is 0.225 e. The summed E-state index contributed by atoms with van der Waals surface area (Å²) in [6.45, 7) is 9.21. The van der Waals surface area contributed by atoms with Crippen LogP contribution >= 0.6 is 0 Å². The molecule has 3 aliphatic rings. The van der Waals surface area contributed by atoms with E-state index in [0.717, 1.165) is 71.0 Å². The average molecular weight is 393 g/mol. The van der Waals surface area contributed by atoms with Gasteiger partial charge < -0.3 is 20.3 Å². The quantitative estimate of drug-likeness (QED) is 0.360. The number of carbonyl (C=O) groups is 1. The highest BCUT2D eigenvalue weighted by Gasteiger charge is 2.42. The van der Waals surface area contributed by atoms with Gasteiger partial charge >= 0.3 is 0 Å². The molecule has 0 aromatic heterocycles. The van der Waals surface area contributed by atoms with Crippen molar-refractivity contribution in [2.45, 2.75) is 77.7 Å². The zero-order valence-electron chi connectivity index (χ0n) is 18.0. The molecule has 0 radical (unpaired) electrons. The van der Waals surface area contributed by atoms with Crippen LogP contribution in [-0.2, 0) is 9.53 Å². The van der Waals surface area contributed by atoms with Crippen LogP contribution in [0.4, 0.5) is 0 Å². The van der Waals surface area contributed by atoms with Gasteiger partial charge in [0.2, 0.25) is 5.91 Å². The zero-order valence-corrected chi connectivity index (χ0v) is 18.0. The Balaban J connectivity index is 1.47. The summed E-state index contributed by atoms with van der Waals surface area (Å²) in [6, 6.07) is 0.309. The van der Waals surface area contributed by atoms with Gasteiger partial charge in [0, 0.05) is 51.4 Å². The van der Waals surface area contributed by atoms with Gasteiger partial charge in [0.05, 0.1) is 0 Å². The van der Waals surface area contributed by atoms with E-state index in [9.17, 15) is 4.79 Å². The summed E-state index contributed by atoms with van der Waals surface area (Å²) in [7, 11) is 0. The molecule has 2 aliphatic carbocycles. The van der Waals surface area contributed by atoms with Crippen molar-refractivity contribution in [1.82, 2.24) is 15.5 Å². The number of nitrogens with zero attached hydrogens (tertiary/aromatic N) is 2. The molecule has 1 amide bonds. The Hall–Kier alpha value is -1.30. The molecule has 1 aliphatic heterocycles. The monoisotopic (exact) mass is 392 g/mol. The van der Waals surface area contributed by atoms with E-state index in [1.807, 2.05) is 0 Å². The molecule has 2 saturated carbocycles. The van der Waals surface area contributed by atoms with E-state index >= 15 is 0 Å². The van der Waals surface area contributed by atoms with E-state index in [4.69, 9.17) is 9.73 Å². The molecule has 0 spiro atoms. The van der Waals surface area contributed by atoms with E-state index in [0.29, 0.717) is 17.4 Å². The zero-order chi connectivity index (χ0) is 19.8. The molecule has 1 saturated heterocycles. The summed E-state index contributed by atoms with van der Waals surface area (Å²) in [4.78, 5) is 19.8. The molecule has 1 atom stereocenters. The van der Waals surface area contributed by atoms with E-state index < -0.39 is 0 Å². The van der Waals surface area contributed by atoms with Crippen LogP contribution in [0.2, 0.25) is 0 Å². The SMILES string of the molecule is CCNC(=NCC1(CCOCC)CC1)NC1CCN(C(=O)C2CCCCC2)C1. The van der Waals surface area contributed by atoms with Crippen molar-refractivity contribution in [3.63, 3.8) is 0 Å². The maximum atomic E-state index is 12.8. The highest BCUT2D eigenvalue weighted by Crippen LogP contribution is 2.49. The number of hydrogen-bond donors (Lipinski definition) is 2. The number of aliphatic imine (C=N–C) groups is 1. The molecule has 0 bridgehead atoms. The minimum Gasteiger partial charge on any atom is -0.382 e. The number of likely N-dealkylation sites (tertiary alicyclic amines) is 1. The number of amides is 1. The van der Waals surface area contributed by atoms with Crippen LogP contribution in [0.25, 0.3) is 0 Å². The number of hydrogen-bond acceptors (Lipinski definition) is 3. The fourth-order valence-corrected chi connectivity index (χ4v) is 4.54. The van der Waals surface area contributed by atoms with Gasteiger partial charge in [0.15, 0.2) is 5.96 Å². The highest BCUT2D eigenvalue weighted by atomic mass is 16.5. The lowest BCUT2D eigenvalue weighted by Crippen LogP contribution is -2.45. The lowest BCUT2D eigenvalue weighted by Gasteiger charge is -2.26. The van der Waals surface area contributed by atoms with Crippen molar-refractivity contribution in [2.75, 3.05) is 39.4 Å². The predicted octanol–water partition coefficient (Wildman–Crippen LogP) is 2.93. The van der Waals surface area contributed by atoms with Crippen LogP contribution in [0.1, 0.15) is 71.6 Å². The highest BCUT2D eigenvalue weighted by molar-refractivity contribution is 5.81. The van der Waals surface area contributed by atoms with Crippen LogP contribution in [-0.4, -0.2) is 62.2 Å². The first kappa shape index (κ1) is 21.4. The smallest absolute Gasteiger partial charge is 0.225 e. The van der Waals surface area contributed by atoms with Crippen molar-refractivity contribution < 1.29 is 9.53 Å². The largest absolute Gasteiger partial charge is 0.382 e. The molecular weight excluding hydrogens is 352 g/mol. The Bertz CT molecular complexity index is 527. The van der Waals surface area contributed by atoms with Gasteiger partial charge in [0.25, 0.3) is 0 Å². The third kappa shape index (κ3) is 6.10. The number of nitrogens with one attached hydrogen (secondary N) is 2. The average Bonchev–Trinajstić information content (AvgIpc) is 3.34. The van der Waals surface area contributed by atoms with Gasteiger partial charge in [-0.2, -0.15) is 0 Å². The van der Waals surface area contributed by atoms with Crippen LogP contribution in [0, 0.1) is 11.3 Å². The molecule has 1 unspecified atom stereocenters. The van der Waals surface area contributed by atoms with Crippen molar-refractivity contribution in [3.8, 4) is 0 Å². The molecule has 3 fully saturated rings. The minimum atomic E-state index is 0.273. The van der Waals surface area contributed by atoms with Crippen molar-refractivity contribution in [2.24, 2.45) is 16.3 Å². The van der Waals surface area contributed by atoms with Crippen molar-refractivity contribution in [3.05, 3.63) is 0 Å². The normalized spacial score (nSPS) is 25.0. The Morgan fingerprint density at radius 3 is 2.64 bits per heavy atom. The number of rotatable bonds is 9. The summed E-state index contributed by atoms with van der Waals surface area (Å²) in [5, 5.41) is 6.97. The Morgan fingerprint density at radius 2 is 1.96 bits per heavy atom. The summed E-state index contributed by atoms with van der Waals surface area (Å²) in [5.74, 6) is 1.57. The van der Waals surface area contributed by atoms with E-state index in [2.05, 4.69) is 29.4 Å². The van der Waals surface area contributed by atoms with Gasteiger partial charge in [0.1, 0.15) is 0 Å². The summed E-state index contributed by atoms with van der Waals surface area (Å²) >= 11 is 0. The van der Waals surface area contributed by atoms with Crippen LogP contribution in [0.5, 0.6) is 0 Å². The van der Waals surface area contributed by atoms with E-state index in [1.165, 1.54) is 32.1 Å². The molecule has 0 aromatic carbocycles. The van der Waals surface area contributed by atoms with Gasteiger partial charge in [-0.05, 0) is 57.8 Å². The van der Waals surface area contributed by atoms with Gasteiger partial charge in [-0.15, -0.1) is 0 Å². The molecule has 6 nitrogen and oxygen atoms in total. The Labute approximate surface area is 170 Å². The lowest BCUT2D eigenvalue weighted by molar-refractivity contribution is -0.135. The van der Waals surface area contributed by atoms with Gasteiger partial charge in [-0.25, -0.2) is 0 Å². The second-order valence-corrected chi connectivity index (χ2v) is 8.89. The number of guanidine groups is 1. The van der Waals surface area contributed by atoms with Crippen molar-refractivity contribution >= 4 is 11.9 Å². The van der Waals surface area contributed by atoms with E-state index in [1.54, 1.807) is 0 Å². The second-order valence-electron chi connectivity index (χ2n) is 8.89. The van der Waals surface area contributed by atoms with Gasteiger partial charge in [-0.3, -0.25) is 9.79 Å². The molecule has 0 aromatic rings. The number of ether oxygens (including phenoxy) is 1. The molecule has 160 valence electrons. The van der Waals surface area contributed by atoms with Crippen LogP contribution < -0.4 is 10.6 Å². The summed E-state index contributed by atoms with van der Waals surface area (Å²) < 4.78 is 5.54. The second kappa shape index (κ2) is 10.5. The molecule has 28 heavy (non-hydrogen) atoms. The predicted molar refractivity (Wildman–Crippen MR) is 113 cm³/mol. The minimum absolute atomic E-state index is 0.273. The van der Waals surface area contributed by atoms with E-state index in [-0.39, 0.29) is 5.92 Å². The first-order valence-corrected chi connectivity index (χ1v) is 11.6. The Kier molecular flexibility index (Phi) is 8.00. The van der Waals surface area contributed by atoms with Gasteiger partial charge in [-0.1, -0.05) is 19.3 Å². The summed E-state index contributed by atoms with van der Waals surface area (Å²) in [5.41, 5.74) is 0.357. The third-order valence-corrected chi connectivity index (χ3v) is 6.65. The van der Waals surface area contributed by atoms with Crippen LogP contribution in [0.3, 0.4) is 0 Å². The maximum absolute atomic E-state index is 12.8. The van der Waals surface area contributed by atoms with Crippen molar-refractivity contribution in [1.29, 1.82) is 0 Å². The lowest BCUT2D eigenvalue weighted by atomic mass is 9.88. The first-order valence-electron chi connectivity index (χ1n) is 11.6. The molecule has 3 rings (SSSR count). The fourth-order valence-electron chi connectivity index (χ4n) is 4.54. The third-order valence-electron chi connectivity index (χ3n) is 6.65. The first-order chi connectivity index (χ1) is 13.7. The topological polar surface area (TPSA) is 66.0 Å². The molecular formula is C22H40N4O2.